The van der Waals surface area contributed by atoms with Gasteiger partial charge in [0.25, 0.3) is 0 Å². The van der Waals surface area contributed by atoms with Crippen LogP contribution < -0.4 is 18.9 Å². The van der Waals surface area contributed by atoms with Crippen molar-refractivity contribution in [3.8, 4) is 46.0 Å². The fraction of sp³-hybridized carbons (Fsp3) is 0.543. The van der Waals surface area contributed by atoms with E-state index in [0.717, 1.165) is 38.5 Å². The number of carbonyl (C=O) groups excluding carboxylic acids is 4. The molecule has 27 heteroatoms. The van der Waals surface area contributed by atoms with Gasteiger partial charge in [0, 0.05) is 80.4 Å². The number of aromatic hydroxyl groups is 4. The minimum absolute atomic E-state index is 0. The molecule has 0 spiro atoms. The topological polar surface area (TPSA) is 310 Å². The van der Waals surface area contributed by atoms with Gasteiger partial charge in [-0.3, -0.25) is 38.7 Å². The molecule has 4 aromatic rings. The maximum Gasteiger partial charge on any atom is 2.00 e. The van der Waals surface area contributed by atoms with Gasteiger partial charge in [0.1, 0.15) is 46.0 Å². The van der Waals surface area contributed by atoms with Crippen molar-refractivity contribution in [2.75, 3.05) is 26.4 Å². The second kappa shape index (κ2) is 36.1. The number of alkyl halides is 3. The van der Waals surface area contributed by atoms with E-state index in [4.69, 9.17) is 61.7 Å². The monoisotopic (exact) mass is 1470 g/mol. The molecule has 2 radical (unpaired) electrons. The number of phenolic OH excluding ortho intramolecular Hbond substituents is 4. The average molecular weight is 1470 g/mol. The molecule has 4 atom stereocenters. The summed E-state index contributed by atoms with van der Waals surface area (Å²) in [6.45, 7) is 23.2. The number of rotatable bonds is 0. The Balaban J connectivity index is 0.00000209. The standard InChI is InChI=1S/C68H89N4O14.CHF3O3S.CH3.2Co/c1-65(2,3)49-33-45-29-41(61(49)77)37-69-53-17-13-14-18-54(53)70-38-42-30-46(34-50(62(42)78)66(4,5)6)85-59(75)23-27-82-28-24-60(76)86-48-32-44(64(80)52(36-48)68(10,11)12)40-72-56-20-16-15-19-55(56)71-39-43-31-47(35-51(63(43)79)67(7,8)9)84-58(74)22-26-81-25-21-57(73)83-45;2-1(3,4)8(5,6)7;;;/h29-39,53-56,77-80H,13-28,40H2,1-12H3;(H,5,6,7);1H3;;/q-1;;-1;;+2/t53-,54-,55+,56+;;;;/m1..../s1. The number of benzene rings is 4. The molecule has 97 heavy (non-hydrogen) atoms. The Morgan fingerprint density at radius 3 is 1.02 bits per heavy atom. The zero-order chi connectivity index (χ0) is 69.7. The van der Waals surface area contributed by atoms with Crippen LogP contribution in [0.3, 0.4) is 0 Å². The van der Waals surface area contributed by atoms with Crippen LogP contribution in [0.4, 0.5) is 13.2 Å². The SMILES string of the molecule is CC(C)(C)c1cc2cc(c1O)C=N[C@H]1CCCC[C@@H]1[N-]Cc1cc(cc(C(C)(C)C)c1O)OC(=O)CCOCCC(=O)Oc1cc(c(O)c(C(C)(C)C)c1)C=N[C@@H]1CCCC[C@H]1N=Cc1cc(cc(C(C)(C)C)c1O)OC(=O)CCOCCC(=O)O2.O=S(=O)(O)C(F)(F)F.[CH3-].[Co+2].[Co]. The number of phenols is 4. The van der Waals surface area contributed by atoms with E-state index < -0.39 is 61.2 Å². The summed E-state index contributed by atoms with van der Waals surface area (Å²) in [5.41, 5.74) is -3.93. The fourth-order valence-corrected chi connectivity index (χ4v) is 10.7. The summed E-state index contributed by atoms with van der Waals surface area (Å²) >= 11 is 0. The molecule has 4 aromatic carbocycles. The van der Waals surface area contributed by atoms with Gasteiger partial charge in [-0.15, -0.1) is 12.6 Å². The number of nitrogens with zero attached hydrogens (tertiary/aromatic N) is 4. The van der Waals surface area contributed by atoms with Crippen molar-refractivity contribution in [3.63, 3.8) is 0 Å². The quantitative estimate of drug-likeness (QED) is 0.0359. The van der Waals surface area contributed by atoms with E-state index in [0.29, 0.717) is 57.3 Å². The van der Waals surface area contributed by atoms with Crippen LogP contribution in [0.15, 0.2) is 63.5 Å². The van der Waals surface area contributed by atoms with E-state index in [9.17, 15) is 52.8 Å². The Labute approximate surface area is 588 Å². The van der Waals surface area contributed by atoms with E-state index >= 15 is 0 Å². The van der Waals surface area contributed by atoms with Gasteiger partial charge in [0.05, 0.1) is 64.2 Å². The maximum atomic E-state index is 13.3. The van der Waals surface area contributed by atoms with Crippen LogP contribution >= 0.6 is 0 Å². The summed E-state index contributed by atoms with van der Waals surface area (Å²) < 4.78 is 92.3. The third kappa shape index (κ3) is 25.4. The minimum Gasteiger partial charge on any atom is -0.654 e. The summed E-state index contributed by atoms with van der Waals surface area (Å²) in [6.07, 6.45) is 10.8. The van der Waals surface area contributed by atoms with Crippen molar-refractivity contribution in [2.24, 2.45) is 15.0 Å². The van der Waals surface area contributed by atoms with Crippen LogP contribution in [0, 0.1) is 7.43 Å². The maximum absolute atomic E-state index is 13.3. The van der Waals surface area contributed by atoms with Crippen LogP contribution in [0.25, 0.3) is 5.32 Å². The van der Waals surface area contributed by atoms with E-state index in [-0.39, 0.29) is 170 Å². The molecule has 0 aromatic heterocycles. The smallest absolute Gasteiger partial charge is 0.654 e. The third-order valence-electron chi connectivity index (χ3n) is 15.9. The van der Waals surface area contributed by atoms with Crippen molar-refractivity contribution in [2.45, 2.75) is 218 Å². The molecule has 0 amide bonds. The zero-order valence-electron chi connectivity index (χ0n) is 57.3. The molecular formula is C70H93Co2F3N4O17S. The fourth-order valence-electron chi connectivity index (χ4n) is 10.7. The molecule has 0 saturated heterocycles. The molecule has 5 N–H and O–H groups in total. The van der Waals surface area contributed by atoms with Crippen molar-refractivity contribution in [1.29, 1.82) is 0 Å². The van der Waals surface area contributed by atoms with Crippen LogP contribution in [-0.4, -0.2) is 132 Å². The predicted octanol–water partition coefficient (Wildman–Crippen LogP) is 13.6. The number of fused-ring (bicyclic) bond motifs is 10. The summed E-state index contributed by atoms with van der Waals surface area (Å²) in [7, 11) is -5.84. The van der Waals surface area contributed by atoms with Crippen molar-refractivity contribution >= 4 is 52.6 Å². The van der Waals surface area contributed by atoms with E-state index in [1.807, 2.05) is 83.1 Å². The van der Waals surface area contributed by atoms with Gasteiger partial charge in [-0.25, -0.2) is 0 Å². The molecule has 2 aliphatic carbocycles. The number of ether oxygens (including phenoxy) is 6. The van der Waals surface area contributed by atoms with Crippen LogP contribution in [0.1, 0.15) is 205 Å². The summed E-state index contributed by atoms with van der Waals surface area (Å²) in [4.78, 5) is 68.0. The zero-order valence-corrected chi connectivity index (χ0v) is 60.2. The normalized spacial score (nSPS) is 19.8. The second-order valence-corrected chi connectivity index (χ2v) is 29.2. The van der Waals surface area contributed by atoms with Crippen molar-refractivity contribution in [3.05, 3.63) is 106 Å². The molecule has 1 aliphatic heterocycles. The first-order valence-electron chi connectivity index (χ1n) is 31.5. The predicted molar refractivity (Wildman–Crippen MR) is 356 cm³/mol. The molecule has 0 unspecified atom stereocenters. The first-order chi connectivity index (χ1) is 43.7. The van der Waals surface area contributed by atoms with Crippen molar-refractivity contribution < 1.29 is 128 Å². The molecule has 1 heterocycles. The van der Waals surface area contributed by atoms with Gasteiger partial charge < -0.3 is 61.6 Å². The molecular weight excluding hydrogens is 1380 g/mol. The Morgan fingerprint density at radius 1 is 0.454 bits per heavy atom. The van der Waals surface area contributed by atoms with Crippen LogP contribution in [0.2, 0.25) is 0 Å². The van der Waals surface area contributed by atoms with E-state index in [1.165, 1.54) is 0 Å². The first-order valence-corrected chi connectivity index (χ1v) is 32.9. The Morgan fingerprint density at radius 2 is 0.722 bits per heavy atom. The third-order valence-corrected chi connectivity index (χ3v) is 16.4. The molecule has 7 rings (SSSR count). The molecule has 540 valence electrons. The van der Waals surface area contributed by atoms with Gasteiger partial charge in [-0.2, -0.15) is 21.6 Å². The molecule has 2 saturated carbocycles. The van der Waals surface area contributed by atoms with Gasteiger partial charge >= 0.3 is 56.3 Å². The van der Waals surface area contributed by atoms with Gasteiger partial charge in [0.15, 0.2) is 0 Å². The number of hydrogen-bond acceptors (Lipinski definition) is 19. The Bertz CT molecular complexity index is 3570. The number of esters is 4. The number of aliphatic imine (C=N–C) groups is 3. The average Bonchev–Trinajstić information content (AvgIpc) is 0.818. The number of hydrogen-bond donors (Lipinski definition) is 5. The van der Waals surface area contributed by atoms with Gasteiger partial charge in [0.2, 0.25) is 0 Å². The number of carbonyl (C=O) groups is 4. The van der Waals surface area contributed by atoms with Crippen LogP contribution in [0.5, 0.6) is 46.0 Å². The number of halogens is 3. The van der Waals surface area contributed by atoms with E-state index in [2.05, 4.69) is 0 Å². The molecule has 2 fully saturated rings. The van der Waals surface area contributed by atoms with Crippen molar-refractivity contribution in [1.82, 2.24) is 0 Å². The van der Waals surface area contributed by atoms with Gasteiger partial charge in [-0.1, -0.05) is 115 Å². The van der Waals surface area contributed by atoms with Crippen LogP contribution in [-0.2, 0) is 101 Å². The summed E-state index contributed by atoms with van der Waals surface area (Å²) in [5, 5.41) is 51.4. The Hall–Kier alpha value is -6.44. The summed E-state index contributed by atoms with van der Waals surface area (Å²) in [5.74, 6) is -1.38. The van der Waals surface area contributed by atoms with Gasteiger partial charge in [-0.05, 0) is 95.0 Å². The minimum atomic E-state index is -5.84. The molecule has 3 aliphatic rings. The largest absolute Gasteiger partial charge is 2.00 e. The molecule has 21 nitrogen and oxygen atoms in total. The Kier molecular flexibility index (Phi) is 31.5. The second-order valence-electron chi connectivity index (χ2n) is 27.8. The summed E-state index contributed by atoms with van der Waals surface area (Å²) in [6, 6.07) is 11.8. The van der Waals surface area contributed by atoms with E-state index in [1.54, 1.807) is 67.2 Å². The first kappa shape index (κ1) is 84.8. The molecule has 8 bridgehead atoms.